The van der Waals surface area contributed by atoms with Crippen molar-refractivity contribution in [3.63, 3.8) is 0 Å². The summed E-state index contributed by atoms with van der Waals surface area (Å²) in [7, 11) is -2.01. The van der Waals surface area contributed by atoms with E-state index in [1.807, 2.05) is 6.07 Å². The molecule has 7 nitrogen and oxygen atoms in total. The van der Waals surface area contributed by atoms with E-state index in [0.717, 1.165) is 24.8 Å². The summed E-state index contributed by atoms with van der Waals surface area (Å²) >= 11 is 6.05. The zero-order chi connectivity index (χ0) is 25.5. The van der Waals surface area contributed by atoms with Gasteiger partial charge in [0.2, 0.25) is 15.7 Å². The third-order valence-corrected chi connectivity index (χ3v) is 7.60. The van der Waals surface area contributed by atoms with Gasteiger partial charge < -0.3 is 9.73 Å². The van der Waals surface area contributed by atoms with Crippen molar-refractivity contribution in [1.82, 2.24) is 10.3 Å². The lowest BCUT2D eigenvalue weighted by Crippen LogP contribution is -2.33. The zero-order valence-corrected chi connectivity index (χ0v) is 22.4. The number of fused-ring (bicyclic) bond motifs is 1. The molecule has 3 aromatic rings. The molecule has 1 N–H and O–H groups in total. The normalized spacial score (nSPS) is 14.3. The highest BCUT2D eigenvalue weighted by Crippen LogP contribution is 2.47. The Labute approximate surface area is 211 Å². The molecule has 0 radical (unpaired) electrons. The smallest absolute Gasteiger partial charge is 0.255 e. The maximum absolute atomic E-state index is 12.9. The van der Waals surface area contributed by atoms with E-state index >= 15 is 0 Å². The molecular weight excluding hydrogens is 486 g/mol. The fraction of sp³-hybridized carbons (Fsp3) is 0.462. The second kappa shape index (κ2) is 9.47. The van der Waals surface area contributed by atoms with Crippen LogP contribution < -0.4 is 9.62 Å². The van der Waals surface area contributed by atoms with Gasteiger partial charge in [0, 0.05) is 24.2 Å². The maximum Gasteiger partial charge on any atom is 0.255 e. The Morgan fingerprint density at radius 1 is 1.23 bits per heavy atom. The van der Waals surface area contributed by atoms with E-state index in [1.54, 1.807) is 31.3 Å². The molecule has 4 rings (SSSR count). The number of nitrogens with one attached hydrogen (secondary N) is 1. The molecule has 188 valence electrons. The molecule has 1 amide bonds. The van der Waals surface area contributed by atoms with Crippen molar-refractivity contribution < 1.29 is 17.6 Å². The Bertz CT molecular complexity index is 1350. The molecule has 0 bridgehead atoms. The van der Waals surface area contributed by atoms with Gasteiger partial charge in [-0.25, -0.2) is 8.42 Å². The summed E-state index contributed by atoms with van der Waals surface area (Å²) < 4.78 is 33.3. The minimum atomic E-state index is -3.58. The first-order valence-corrected chi connectivity index (χ1v) is 14.0. The summed E-state index contributed by atoms with van der Waals surface area (Å²) in [5, 5.41) is 3.83. The maximum atomic E-state index is 12.9. The van der Waals surface area contributed by atoms with E-state index < -0.39 is 10.0 Å². The van der Waals surface area contributed by atoms with Crippen molar-refractivity contribution in [3.05, 3.63) is 46.5 Å². The van der Waals surface area contributed by atoms with Gasteiger partial charge in [-0.1, -0.05) is 32.4 Å². The Morgan fingerprint density at radius 3 is 2.43 bits per heavy atom. The zero-order valence-electron chi connectivity index (χ0n) is 20.8. The van der Waals surface area contributed by atoms with Crippen LogP contribution in [0.4, 0.5) is 5.82 Å². The molecule has 1 aliphatic carbocycles. The Kier molecular flexibility index (Phi) is 6.90. The van der Waals surface area contributed by atoms with Crippen molar-refractivity contribution in [1.29, 1.82) is 0 Å². The van der Waals surface area contributed by atoms with Gasteiger partial charge in [0.1, 0.15) is 11.6 Å². The van der Waals surface area contributed by atoms with E-state index in [-0.39, 0.29) is 23.0 Å². The second-order valence-corrected chi connectivity index (χ2v) is 12.8. The lowest BCUT2D eigenvalue weighted by Gasteiger charge is -2.26. The number of anilines is 1. The number of nitrogens with zero attached hydrogens (tertiary/aromatic N) is 2. The summed E-state index contributed by atoms with van der Waals surface area (Å²) in [6.45, 7) is 6.75. The average molecular weight is 518 g/mol. The predicted octanol–water partition coefficient (Wildman–Crippen LogP) is 5.98. The quantitative estimate of drug-likeness (QED) is 0.397. The number of hydrogen-bond donors (Lipinski definition) is 1. The van der Waals surface area contributed by atoms with E-state index in [4.69, 9.17) is 21.0 Å². The Hall–Kier alpha value is -2.58. The third-order valence-electron chi connectivity index (χ3n) is 6.19. The van der Waals surface area contributed by atoms with Crippen LogP contribution in [0.5, 0.6) is 0 Å². The van der Waals surface area contributed by atoms with Crippen molar-refractivity contribution in [3.8, 4) is 11.3 Å². The van der Waals surface area contributed by atoms with E-state index in [1.165, 1.54) is 10.6 Å². The van der Waals surface area contributed by atoms with Gasteiger partial charge in [0.15, 0.2) is 0 Å². The first kappa shape index (κ1) is 25.5. The number of benzene rings is 1. The Balaban J connectivity index is 1.89. The molecule has 0 aliphatic heterocycles. The number of carbonyl (C=O) groups is 1. The number of pyridine rings is 1. The summed E-state index contributed by atoms with van der Waals surface area (Å²) in [6.07, 6.45) is 4.71. The van der Waals surface area contributed by atoms with E-state index in [0.29, 0.717) is 46.1 Å². The number of halogens is 1. The molecular formula is C26H32ClN3O4S. The summed E-state index contributed by atoms with van der Waals surface area (Å²) in [5.41, 5.74) is 2.23. The number of rotatable bonds is 8. The van der Waals surface area contributed by atoms with Crippen LogP contribution in [-0.2, 0) is 10.0 Å². The molecule has 1 aliphatic rings. The van der Waals surface area contributed by atoms with Crippen molar-refractivity contribution >= 4 is 44.4 Å². The molecule has 2 aromatic heterocycles. The van der Waals surface area contributed by atoms with Gasteiger partial charge >= 0.3 is 0 Å². The lowest BCUT2D eigenvalue weighted by molar-refractivity contribution is 0.0964. The molecule has 0 unspecified atom stereocenters. The molecule has 1 saturated carbocycles. The minimum absolute atomic E-state index is 0.0940. The van der Waals surface area contributed by atoms with Crippen LogP contribution in [0.3, 0.4) is 0 Å². The lowest BCUT2D eigenvalue weighted by atomic mass is 9.91. The molecule has 0 spiro atoms. The van der Waals surface area contributed by atoms with Crippen molar-refractivity contribution in [2.75, 3.05) is 24.2 Å². The largest absolute Gasteiger partial charge is 0.437 e. The highest BCUT2D eigenvalue weighted by Gasteiger charge is 2.34. The van der Waals surface area contributed by atoms with E-state index in [9.17, 15) is 13.2 Å². The summed E-state index contributed by atoms with van der Waals surface area (Å²) in [4.78, 5) is 17.7. The number of hydrogen-bond acceptors (Lipinski definition) is 5. The number of aromatic nitrogens is 1. The first-order chi connectivity index (χ1) is 16.4. The van der Waals surface area contributed by atoms with Gasteiger partial charge in [-0.15, -0.1) is 0 Å². The highest BCUT2D eigenvalue weighted by atomic mass is 35.5. The van der Waals surface area contributed by atoms with Crippen LogP contribution in [0, 0.1) is 5.41 Å². The van der Waals surface area contributed by atoms with Crippen LogP contribution >= 0.6 is 11.6 Å². The molecule has 1 aromatic carbocycles. The van der Waals surface area contributed by atoms with Crippen LogP contribution in [-0.4, -0.2) is 39.2 Å². The van der Waals surface area contributed by atoms with Crippen LogP contribution in [0.2, 0.25) is 5.02 Å². The number of carbonyl (C=O) groups excluding carboxylic acids is 1. The fourth-order valence-corrected chi connectivity index (χ4v) is 5.31. The third kappa shape index (κ3) is 5.64. The van der Waals surface area contributed by atoms with Gasteiger partial charge in [-0.3, -0.25) is 9.10 Å². The van der Waals surface area contributed by atoms with Gasteiger partial charge in [-0.05, 0) is 72.9 Å². The molecule has 35 heavy (non-hydrogen) atoms. The average Bonchev–Trinajstić information content (AvgIpc) is 3.55. The number of furan rings is 1. The number of amides is 1. The Morgan fingerprint density at radius 2 is 1.89 bits per heavy atom. The van der Waals surface area contributed by atoms with E-state index in [2.05, 4.69) is 26.1 Å². The topological polar surface area (TPSA) is 92.5 Å². The molecule has 9 heteroatoms. The van der Waals surface area contributed by atoms with Crippen LogP contribution in [0.15, 0.2) is 34.7 Å². The molecule has 2 heterocycles. The van der Waals surface area contributed by atoms with Gasteiger partial charge in [0.05, 0.1) is 17.2 Å². The van der Waals surface area contributed by atoms with Crippen LogP contribution in [0.25, 0.3) is 22.4 Å². The molecule has 0 atom stereocenters. The van der Waals surface area contributed by atoms with Gasteiger partial charge in [-0.2, -0.15) is 4.98 Å². The highest BCUT2D eigenvalue weighted by molar-refractivity contribution is 7.92. The second-order valence-electron chi connectivity index (χ2n) is 10.4. The summed E-state index contributed by atoms with van der Waals surface area (Å²) in [5.74, 6) is 0.688. The molecule has 0 saturated heterocycles. The van der Waals surface area contributed by atoms with Gasteiger partial charge in [0.25, 0.3) is 5.91 Å². The monoisotopic (exact) mass is 517 g/mol. The number of sulfonamides is 1. The minimum Gasteiger partial charge on any atom is -0.437 e. The van der Waals surface area contributed by atoms with Crippen molar-refractivity contribution in [2.45, 2.75) is 52.4 Å². The predicted molar refractivity (Wildman–Crippen MR) is 141 cm³/mol. The summed E-state index contributed by atoms with van der Waals surface area (Å²) in [6, 6.07) is 8.92. The first-order valence-electron chi connectivity index (χ1n) is 11.8. The SMILES string of the molecule is CNC(=O)c1c(-c2ccc(Cl)cc2)oc2nc(N(CCCC(C)(C)C)S(C)(=O)=O)c(C3CC3)cc12. The standard InChI is InChI=1S/C26H32ClN3O4S/c1-26(2,3)13-6-14-30(35(5,32)33)23-19(16-7-8-16)15-20-21(24(31)28-4)22(34-25(20)29-23)17-9-11-18(27)12-10-17/h9-12,15-16H,6-8,13-14H2,1-5H3,(H,28,31). The van der Waals surface area contributed by atoms with Crippen LogP contribution in [0.1, 0.15) is 68.3 Å². The molecule has 1 fully saturated rings. The fourth-order valence-electron chi connectivity index (χ4n) is 4.26. The van der Waals surface area contributed by atoms with Crippen molar-refractivity contribution in [2.24, 2.45) is 5.41 Å².